The van der Waals surface area contributed by atoms with Crippen molar-refractivity contribution in [1.82, 2.24) is 0 Å². The fraction of sp³-hybridized carbons (Fsp3) is 0.414. The van der Waals surface area contributed by atoms with Crippen LogP contribution in [0, 0.1) is 6.92 Å². The Bertz CT molecular complexity index is 1100. The van der Waals surface area contributed by atoms with E-state index in [1.165, 1.54) is 35.1 Å². The number of fused-ring (bicyclic) bond motifs is 1. The Morgan fingerprint density at radius 3 is 2.06 bits per heavy atom. The summed E-state index contributed by atoms with van der Waals surface area (Å²) in [5.41, 5.74) is 9.01. The van der Waals surface area contributed by atoms with Crippen molar-refractivity contribution in [1.29, 1.82) is 0 Å². The zero-order valence-corrected chi connectivity index (χ0v) is 23.7. The van der Waals surface area contributed by atoms with E-state index in [0.29, 0.717) is 18.4 Å². The van der Waals surface area contributed by atoms with Crippen molar-refractivity contribution in [3.8, 4) is 0 Å². The van der Waals surface area contributed by atoms with Crippen LogP contribution in [-0.2, 0) is 15.6 Å². The molecule has 0 saturated carbocycles. The molecular weight excluding hydrogens is 419 g/mol. The molecule has 0 fully saturated rings. The van der Waals surface area contributed by atoms with Gasteiger partial charge in [0.15, 0.2) is 5.78 Å². The summed E-state index contributed by atoms with van der Waals surface area (Å²) in [6.07, 6.45) is 4.21. The van der Waals surface area contributed by atoms with Crippen molar-refractivity contribution in [3.63, 3.8) is 0 Å². The van der Waals surface area contributed by atoms with Gasteiger partial charge in [0.05, 0.1) is 5.57 Å². The third-order valence-corrected chi connectivity index (χ3v) is 7.43. The number of hydrogen-bond acceptors (Lipinski definition) is 2. The minimum atomic E-state index is 0. The van der Waals surface area contributed by atoms with Crippen molar-refractivity contribution in [2.75, 3.05) is 0 Å². The molecule has 3 heteroatoms. The van der Waals surface area contributed by atoms with Crippen LogP contribution in [0.1, 0.15) is 93.2 Å². The summed E-state index contributed by atoms with van der Waals surface area (Å²) in [4.78, 5) is 12.3. The van der Waals surface area contributed by atoms with Gasteiger partial charge in [0.25, 0.3) is 0 Å². The second-order valence-corrected chi connectivity index (χ2v) is 10.6. The summed E-state index contributed by atoms with van der Waals surface area (Å²) in [6.45, 7) is 16.0. The third kappa shape index (κ3) is 4.65. The fourth-order valence-electron chi connectivity index (χ4n) is 5.20. The molecule has 2 aromatic rings. The number of aliphatic hydroxyl groups is 1. The van der Waals surface area contributed by atoms with Crippen LogP contribution in [0.15, 0.2) is 48.7 Å². The van der Waals surface area contributed by atoms with Gasteiger partial charge >= 0.3 is 0 Å². The van der Waals surface area contributed by atoms with Gasteiger partial charge in [0, 0.05) is 64.2 Å². The Morgan fingerprint density at radius 1 is 0.938 bits per heavy atom. The average Bonchev–Trinajstić information content (AvgIpc) is 2.71. The Hall–Kier alpha value is -0.974. The molecule has 32 heavy (non-hydrogen) atoms. The SMILES string of the molecule is C=C(c1ccc(C2=C(O)CCCC2=O)cc1)c1cc2c(cc1C)C(C)(C)CCC2(C)C.[K]. The van der Waals surface area contributed by atoms with Crippen molar-refractivity contribution in [2.24, 2.45) is 0 Å². The second kappa shape index (κ2) is 9.35. The molecule has 0 unspecified atom stereocenters. The minimum Gasteiger partial charge on any atom is -0.512 e. The van der Waals surface area contributed by atoms with Crippen molar-refractivity contribution in [3.05, 3.63) is 82.1 Å². The zero-order valence-electron chi connectivity index (χ0n) is 20.6. The van der Waals surface area contributed by atoms with E-state index in [2.05, 4.69) is 53.3 Å². The Morgan fingerprint density at radius 2 is 1.50 bits per heavy atom. The molecule has 1 N–H and O–H groups in total. The molecular formula is C29H34KO2. The maximum Gasteiger partial charge on any atom is 0.166 e. The van der Waals surface area contributed by atoms with Gasteiger partial charge in [0.2, 0.25) is 0 Å². The molecule has 0 saturated heterocycles. The van der Waals surface area contributed by atoms with Gasteiger partial charge in [-0.3, -0.25) is 4.79 Å². The summed E-state index contributed by atoms with van der Waals surface area (Å²) in [5.74, 6) is 0.254. The number of aliphatic hydroxyl groups excluding tert-OH is 1. The molecule has 2 aromatic carbocycles. The van der Waals surface area contributed by atoms with Gasteiger partial charge in [0.1, 0.15) is 5.76 Å². The monoisotopic (exact) mass is 453 g/mol. The molecule has 2 aliphatic rings. The predicted molar refractivity (Wildman–Crippen MR) is 135 cm³/mol. The van der Waals surface area contributed by atoms with Gasteiger partial charge in [-0.15, -0.1) is 0 Å². The topological polar surface area (TPSA) is 37.3 Å². The number of rotatable bonds is 3. The number of aryl methyl sites for hydroxylation is 1. The maximum absolute atomic E-state index is 12.3. The molecule has 0 atom stereocenters. The van der Waals surface area contributed by atoms with E-state index in [1.807, 2.05) is 24.3 Å². The van der Waals surface area contributed by atoms with Gasteiger partial charge < -0.3 is 5.11 Å². The first-order valence-electron chi connectivity index (χ1n) is 11.4. The van der Waals surface area contributed by atoms with E-state index < -0.39 is 0 Å². The molecule has 0 bridgehead atoms. The average molecular weight is 454 g/mol. The van der Waals surface area contributed by atoms with Crippen LogP contribution in [-0.4, -0.2) is 62.3 Å². The molecule has 0 heterocycles. The summed E-state index contributed by atoms with van der Waals surface area (Å²) in [6, 6.07) is 12.7. The largest absolute Gasteiger partial charge is 0.512 e. The fourth-order valence-corrected chi connectivity index (χ4v) is 5.20. The summed E-state index contributed by atoms with van der Waals surface area (Å²) >= 11 is 0. The smallest absolute Gasteiger partial charge is 0.166 e. The summed E-state index contributed by atoms with van der Waals surface area (Å²) in [5, 5.41) is 10.2. The van der Waals surface area contributed by atoms with Crippen LogP contribution >= 0.6 is 0 Å². The van der Waals surface area contributed by atoms with E-state index in [0.717, 1.165) is 23.1 Å². The van der Waals surface area contributed by atoms with Crippen LogP contribution < -0.4 is 0 Å². The van der Waals surface area contributed by atoms with E-state index in [1.54, 1.807) is 0 Å². The van der Waals surface area contributed by atoms with Crippen LogP contribution in [0.4, 0.5) is 0 Å². The van der Waals surface area contributed by atoms with E-state index in [-0.39, 0.29) is 73.8 Å². The molecule has 0 spiro atoms. The van der Waals surface area contributed by atoms with Gasteiger partial charge in [-0.05, 0) is 76.0 Å². The predicted octanol–water partition coefficient (Wildman–Crippen LogP) is 7.05. The molecule has 1 radical (unpaired) electrons. The first-order valence-corrected chi connectivity index (χ1v) is 11.4. The molecule has 163 valence electrons. The van der Waals surface area contributed by atoms with E-state index in [4.69, 9.17) is 0 Å². The molecule has 4 rings (SSSR count). The number of hydrogen-bond donors (Lipinski definition) is 1. The molecule has 0 amide bonds. The maximum atomic E-state index is 12.3. The zero-order chi connectivity index (χ0) is 22.6. The van der Waals surface area contributed by atoms with Crippen molar-refractivity contribution in [2.45, 2.75) is 77.6 Å². The van der Waals surface area contributed by atoms with Gasteiger partial charge in [-0.25, -0.2) is 0 Å². The summed E-state index contributed by atoms with van der Waals surface area (Å²) < 4.78 is 0. The third-order valence-electron chi connectivity index (χ3n) is 7.43. The second-order valence-electron chi connectivity index (χ2n) is 10.6. The minimum absolute atomic E-state index is 0. The van der Waals surface area contributed by atoms with Gasteiger partial charge in [-0.2, -0.15) is 0 Å². The Balaban J connectivity index is 0.00000289. The van der Waals surface area contributed by atoms with E-state index in [9.17, 15) is 9.90 Å². The number of carbonyl (C=O) groups excluding carboxylic acids is 1. The number of carbonyl (C=O) groups is 1. The first kappa shape index (κ1) is 25.6. The molecule has 0 aliphatic heterocycles. The number of Topliss-reactive ketones (excluding diaryl/α,β-unsaturated/α-hetero) is 1. The van der Waals surface area contributed by atoms with Crippen molar-refractivity contribution < 1.29 is 9.90 Å². The quantitative estimate of drug-likeness (QED) is 0.506. The van der Waals surface area contributed by atoms with Crippen LogP contribution in [0.3, 0.4) is 0 Å². The Kier molecular flexibility index (Phi) is 7.49. The normalized spacial score (nSPS) is 19.2. The van der Waals surface area contributed by atoms with Crippen LogP contribution in [0.2, 0.25) is 0 Å². The van der Waals surface area contributed by atoms with Crippen molar-refractivity contribution >= 4 is 68.3 Å². The Labute approximate surface area is 235 Å². The van der Waals surface area contributed by atoms with Gasteiger partial charge in [-0.1, -0.05) is 70.7 Å². The van der Waals surface area contributed by atoms with Crippen LogP contribution in [0.5, 0.6) is 0 Å². The molecule has 2 aliphatic carbocycles. The number of ketones is 1. The molecule has 2 nitrogen and oxygen atoms in total. The molecule has 0 aromatic heterocycles. The summed E-state index contributed by atoms with van der Waals surface area (Å²) in [7, 11) is 0. The standard InChI is InChI=1S/C29H34O2.K/c1-18-16-23-24(29(5,6)15-14-28(23,3)4)17-22(18)19(2)20-10-12-21(13-11-20)27-25(30)8-7-9-26(27)31;/h10-13,16-17,30H,2,7-9,14-15H2,1,3-6H3;. The number of allylic oxidation sites excluding steroid dienone is 2. The first-order chi connectivity index (χ1) is 14.5. The van der Waals surface area contributed by atoms with E-state index >= 15 is 0 Å². The number of benzene rings is 2. The van der Waals surface area contributed by atoms with Crippen LogP contribution in [0.25, 0.3) is 11.1 Å².